The van der Waals surface area contributed by atoms with Crippen molar-refractivity contribution in [3.63, 3.8) is 0 Å². The molecule has 2 heterocycles. The fraction of sp³-hybridized carbons (Fsp3) is 0.235. The van der Waals surface area contributed by atoms with Crippen LogP contribution < -0.4 is 5.32 Å². The van der Waals surface area contributed by atoms with E-state index in [4.69, 9.17) is 0 Å². The summed E-state index contributed by atoms with van der Waals surface area (Å²) in [6.07, 6.45) is -1.37. The van der Waals surface area contributed by atoms with Crippen molar-refractivity contribution in [2.75, 3.05) is 5.32 Å². The number of aryl methyl sites for hydroxylation is 1. The van der Waals surface area contributed by atoms with Gasteiger partial charge in [-0.2, -0.15) is 23.4 Å². The van der Waals surface area contributed by atoms with Crippen LogP contribution in [0.15, 0.2) is 48.8 Å². The van der Waals surface area contributed by atoms with E-state index >= 15 is 0 Å². The predicted molar refractivity (Wildman–Crippen MR) is 88.6 cm³/mol. The van der Waals surface area contributed by atoms with E-state index in [-0.39, 0.29) is 23.6 Å². The van der Waals surface area contributed by atoms with Crippen molar-refractivity contribution in [2.24, 2.45) is 0 Å². The second-order valence-corrected chi connectivity index (χ2v) is 5.54. The molecule has 0 fully saturated rings. The Labute approximate surface area is 147 Å². The molecule has 0 aliphatic rings. The zero-order valence-electron chi connectivity index (χ0n) is 13.9. The van der Waals surface area contributed by atoms with E-state index in [0.29, 0.717) is 6.54 Å². The molecule has 0 bridgehead atoms. The van der Waals surface area contributed by atoms with Crippen LogP contribution in [0.1, 0.15) is 28.5 Å². The molecular weight excluding hydrogens is 347 g/mol. The maximum absolute atomic E-state index is 13.1. The molecule has 1 aromatic carbocycles. The van der Waals surface area contributed by atoms with Crippen molar-refractivity contribution in [3.8, 4) is 0 Å². The molecule has 136 valence electrons. The number of aromatic nitrogens is 4. The Balaban J connectivity index is 1.81. The molecule has 0 spiro atoms. The van der Waals surface area contributed by atoms with Gasteiger partial charge in [-0.1, -0.05) is 18.2 Å². The first-order chi connectivity index (χ1) is 12.4. The molecule has 1 amide bonds. The summed E-state index contributed by atoms with van der Waals surface area (Å²) in [7, 11) is 0. The van der Waals surface area contributed by atoms with Crippen LogP contribution in [-0.4, -0.2) is 25.5 Å². The summed E-state index contributed by atoms with van der Waals surface area (Å²) < 4.78 is 42.3. The van der Waals surface area contributed by atoms with Crippen molar-refractivity contribution in [3.05, 3.63) is 65.6 Å². The lowest BCUT2D eigenvalue weighted by Gasteiger charge is -2.14. The van der Waals surface area contributed by atoms with Crippen LogP contribution in [0, 0.1) is 0 Å². The van der Waals surface area contributed by atoms with Gasteiger partial charge in [0, 0.05) is 18.8 Å². The number of carbonyl (C=O) groups is 1. The summed E-state index contributed by atoms with van der Waals surface area (Å²) >= 11 is 0. The van der Waals surface area contributed by atoms with Crippen molar-refractivity contribution >= 4 is 11.7 Å². The van der Waals surface area contributed by atoms with Crippen LogP contribution in [0.3, 0.4) is 0 Å². The smallest absolute Gasteiger partial charge is 0.305 e. The highest BCUT2D eigenvalue weighted by Gasteiger charge is 2.33. The fourth-order valence-corrected chi connectivity index (χ4v) is 2.50. The lowest BCUT2D eigenvalue weighted by molar-refractivity contribution is -0.138. The second-order valence-electron chi connectivity index (χ2n) is 5.54. The third-order valence-corrected chi connectivity index (χ3v) is 3.80. The number of nitrogens with one attached hydrogen (secondary N) is 1. The van der Waals surface area contributed by atoms with Crippen LogP contribution in [-0.2, 0) is 19.3 Å². The van der Waals surface area contributed by atoms with Gasteiger partial charge in [-0.3, -0.25) is 9.48 Å². The van der Waals surface area contributed by atoms with Crippen molar-refractivity contribution in [1.29, 1.82) is 0 Å². The molecule has 3 aromatic rings. The molecule has 6 nitrogen and oxygen atoms in total. The molecule has 0 saturated heterocycles. The Hall–Kier alpha value is -3.10. The van der Waals surface area contributed by atoms with Gasteiger partial charge in [-0.05, 0) is 24.6 Å². The van der Waals surface area contributed by atoms with E-state index < -0.39 is 17.6 Å². The quantitative estimate of drug-likeness (QED) is 0.755. The zero-order valence-corrected chi connectivity index (χ0v) is 13.9. The molecule has 0 saturated carbocycles. The van der Waals surface area contributed by atoms with Gasteiger partial charge >= 0.3 is 6.18 Å². The summed E-state index contributed by atoms with van der Waals surface area (Å²) in [6, 6.07) is 8.36. The number of alkyl halides is 3. The Morgan fingerprint density at radius 2 is 1.96 bits per heavy atom. The monoisotopic (exact) mass is 363 g/mol. The first-order valence-corrected chi connectivity index (χ1v) is 7.90. The van der Waals surface area contributed by atoms with Crippen LogP contribution in [0.2, 0.25) is 0 Å². The SMILES string of the molecule is CCn1ccc(C(=O)Nc2ccnn2Cc2ccccc2C(F)(F)F)n1. The van der Waals surface area contributed by atoms with E-state index in [1.165, 1.54) is 35.1 Å². The Bertz CT molecular complexity index is 913. The first-order valence-electron chi connectivity index (χ1n) is 7.90. The minimum absolute atomic E-state index is 0.0643. The molecule has 3 rings (SSSR count). The van der Waals surface area contributed by atoms with E-state index in [1.807, 2.05) is 6.92 Å². The molecule has 9 heteroatoms. The lowest BCUT2D eigenvalue weighted by Crippen LogP contribution is -2.18. The molecule has 26 heavy (non-hydrogen) atoms. The highest BCUT2D eigenvalue weighted by atomic mass is 19.4. The first kappa shape index (κ1) is 17.7. The number of benzene rings is 1. The number of carbonyl (C=O) groups excluding carboxylic acids is 1. The summed E-state index contributed by atoms with van der Waals surface area (Å²) in [5.74, 6) is -0.166. The molecule has 0 aliphatic carbocycles. The van der Waals surface area contributed by atoms with Gasteiger partial charge in [0.2, 0.25) is 0 Å². The van der Waals surface area contributed by atoms with Crippen molar-refractivity contribution in [2.45, 2.75) is 26.2 Å². The minimum atomic E-state index is -4.46. The van der Waals surface area contributed by atoms with Gasteiger partial charge < -0.3 is 5.32 Å². The summed E-state index contributed by atoms with van der Waals surface area (Å²) in [6.45, 7) is 2.39. The number of anilines is 1. The predicted octanol–water partition coefficient (Wildman–Crippen LogP) is 3.42. The fourth-order valence-electron chi connectivity index (χ4n) is 2.50. The number of hydrogen-bond acceptors (Lipinski definition) is 3. The second kappa shape index (κ2) is 7.03. The molecule has 0 unspecified atom stereocenters. The number of hydrogen-bond donors (Lipinski definition) is 1. The molecule has 2 aromatic heterocycles. The Kier molecular flexibility index (Phi) is 4.79. The normalized spacial score (nSPS) is 11.5. The average Bonchev–Trinajstić information content (AvgIpc) is 3.24. The van der Waals surface area contributed by atoms with E-state index in [0.717, 1.165) is 6.07 Å². The minimum Gasteiger partial charge on any atom is -0.305 e. The largest absolute Gasteiger partial charge is 0.416 e. The summed E-state index contributed by atoms with van der Waals surface area (Å²) in [5.41, 5.74) is -0.445. The van der Waals surface area contributed by atoms with Crippen LogP contribution in [0.5, 0.6) is 0 Å². The molecular formula is C17H16F3N5O. The van der Waals surface area contributed by atoms with E-state index in [2.05, 4.69) is 15.5 Å². The number of amides is 1. The molecule has 0 radical (unpaired) electrons. The highest BCUT2D eigenvalue weighted by molar-refractivity contribution is 6.02. The average molecular weight is 363 g/mol. The highest BCUT2D eigenvalue weighted by Crippen LogP contribution is 2.32. The van der Waals surface area contributed by atoms with Gasteiger partial charge in [-0.15, -0.1) is 0 Å². The van der Waals surface area contributed by atoms with Gasteiger partial charge in [0.05, 0.1) is 18.3 Å². The van der Waals surface area contributed by atoms with Crippen LogP contribution in [0.25, 0.3) is 0 Å². The Morgan fingerprint density at radius 3 is 2.65 bits per heavy atom. The van der Waals surface area contributed by atoms with Crippen molar-refractivity contribution in [1.82, 2.24) is 19.6 Å². The van der Waals surface area contributed by atoms with E-state index in [9.17, 15) is 18.0 Å². The van der Waals surface area contributed by atoms with Gasteiger partial charge in [0.15, 0.2) is 5.69 Å². The zero-order chi connectivity index (χ0) is 18.7. The summed E-state index contributed by atoms with van der Waals surface area (Å²) in [4.78, 5) is 12.3. The lowest BCUT2D eigenvalue weighted by atomic mass is 10.1. The molecule has 0 aliphatic heterocycles. The Morgan fingerprint density at radius 1 is 1.19 bits per heavy atom. The van der Waals surface area contributed by atoms with Crippen LogP contribution in [0.4, 0.5) is 19.0 Å². The van der Waals surface area contributed by atoms with E-state index in [1.54, 1.807) is 16.9 Å². The van der Waals surface area contributed by atoms with Crippen LogP contribution >= 0.6 is 0 Å². The number of halogens is 3. The molecule has 1 N–H and O–H groups in total. The number of rotatable bonds is 5. The topological polar surface area (TPSA) is 64.7 Å². The number of nitrogens with zero attached hydrogens (tertiary/aromatic N) is 4. The maximum atomic E-state index is 13.1. The van der Waals surface area contributed by atoms with Gasteiger partial charge in [0.1, 0.15) is 5.82 Å². The van der Waals surface area contributed by atoms with Gasteiger partial charge in [0.25, 0.3) is 5.91 Å². The maximum Gasteiger partial charge on any atom is 0.416 e. The third-order valence-electron chi connectivity index (χ3n) is 3.80. The standard InChI is InChI=1S/C17H16F3N5O/c1-2-24-10-8-14(23-24)16(26)22-15-7-9-21-25(15)11-12-5-3-4-6-13(12)17(18,19)20/h3-10H,2,11H2,1H3,(H,22,26). The summed E-state index contributed by atoms with van der Waals surface area (Å²) in [5, 5.41) is 10.7. The van der Waals surface area contributed by atoms with Gasteiger partial charge in [-0.25, -0.2) is 4.68 Å². The third kappa shape index (κ3) is 3.76. The van der Waals surface area contributed by atoms with Crippen molar-refractivity contribution < 1.29 is 18.0 Å². The molecule has 0 atom stereocenters.